The van der Waals surface area contributed by atoms with Crippen LogP contribution in [0, 0.1) is 0 Å². The fourth-order valence-corrected chi connectivity index (χ4v) is 3.16. The number of aromatic nitrogens is 4. The zero-order valence-corrected chi connectivity index (χ0v) is 14.3. The molecule has 0 bridgehead atoms. The van der Waals surface area contributed by atoms with Crippen LogP contribution in [-0.2, 0) is 13.0 Å². The van der Waals surface area contributed by atoms with Gasteiger partial charge in [-0.25, -0.2) is 9.97 Å². The second-order valence-corrected chi connectivity index (χ2v) is 6.17. The van der Waals surface area contributed by atoms with Gasteiger partial charge in [-0.2, -0.15) is 0 Å². The molecule has 4 rings (SSSR count). The summed E-state index contributed by atoms with van der Waals surface area (Å²) < 4.78 is 2.13. The summed E-state index contributed by atoms with van der Waals surface area (Å²) in [5.74, 6) is 1.17. The van der Waals surface area contributed by atoms with E-state index in [-0.39, 0.29) is 0 Å². The number of phenolic OH excluding ortho intramolecular Hbond substituents is 1. The first-order valence-corrected chi connectivity index (χ1v) is 8.70. The molecule has 130 valence electrons. The molecule has 2 N–H and O–H groups in total. The SMILES string of the molecule is Oc1ccccc1CCCn1cnc(-c2ccccc2)c1-c1ncc[nH]1. The van der Waals surface area contributed by atoms with Gasteiger partial charge in [-0.3, -0.25) is 0 Å². The number of hydrogen-bond donors (Lipinski definition) is 2. The van der Waals surface area contributed by atoms with Crippen LogP contribution in [0.5, 0.6) is 5.75 Å². The average molecular weight is 344 g/mol. The van der Waals surface area contributed by atoms with Crippen LogP contribution < -0.4 is 0 Å². The van der Waals surface area contributed by atoms with Gasteiger partial charge in [-0.1, -0.05) is 48.5 Å². The van der Waals surface area contributed by atoms with Gasteiger partial charge < -0.3 is 14.7 Å². The lowest BCUT2D eigenvalue weighted by molar-refractivity contribution is 0.466. The predicted octanol–water partition coefficient (Wildman–Crippen LogP) is 4.28. The Kier molecular flexibility index (Phi) is 4.51. The minimum atomic E-state index is 0.356. The summed E-state index contributed by atoms with van der Waals surface area (Å²) in [6, 6.07) is 17.6. The van der Waals surface area contributed by atoms with Crippen molar-refractivity contribution in [3.63, 3.8) is 0 Å². The van der Waals surface area contributed by atoms with E-state index in [1.807, 2.05) is 48.9 Å². The van der Waals surface area contributed by atoms with Crippen LogP contribution in [0.25, 0.3) is 22.8 Å². The van der Waals surface area contributed by atoms with Crippen LogP contribution in [0.2, 0.25) is 0 Å². The van der Waals surface area contributed by atoms with Crippen molar-refractivity contribution in [1.82, 2.24) is 19.5 Å². The summed E-state index contributed by atoms with van der Waals surface area (Å²) in [7, 11) is 0. The van der Waals surface area contributed by atoms with Crippen molar-refractivity contribution in [2.45, 2.75) is 19.4 Å². The van der Waals surface area contributed by atoms with Crippen LogP contribution in [0.15, 0.2) is 73.3 Å². The quantitative estimate of drug-likeness (QED) is 0.549. The van der Waals surface area contributed by atoms with Gasteiger partial charge in [-0.05, 0) is 24.5 Å². The molecule has 0 spiro atoms. The number of phenols is 1. The van der Waals surface area contributed by atoms with Crippen LogP contribution >= 0.6 is 0 Å². The molecule has 26 heavy (non-hydrogen) atoms. The van der Waals surface area contributed by atoms with E-state index in [2.05, 4.69) is 31.7 Å². The second kappa shape index (κ2) is 7.27. The van der Waals surface area contributed by atoms with Crippen LogP contribution in [-0.4, -0.2) is 24.6 Å². The normalized spacial score (nSPS) is 10.9. The monoisotopic (exact) mass is 344 g/mol. The lowest BCUT2D eigenvalue weighted by atomic mass is 10.1. The summed E-state index contributed by atoms with van der Waals surface area (Å²) in [4.78, 5) is 12.3. The molecule has 0 aliphatic heterocycles. The van der Waals surface area contributed by atoms with Gasteiger partial charge in [0, 0.05) is 24.5 Å². The van der Waals surface area contributed by atoms with Crippen LogP contribution in [0.3, 0.4) is 0 Å². The molecule has 4 aromatic rings. The highest BCUT2D eigenvalue weighted by atomic mass is 16.3. The molecule has 0 saturated carbocycles. The maximum absolute atomic E-state index is 9.93. The first kappa shape index (κ1) is 16.1. The Balaban J connectivity index is 1.60. The fraction of sp³-hybridized carbons (Fsp3) is 0.143. The van der Waals surface area contributed by atoms with Gasteiger partial charge in [0.15, 0.2) is 5.82 Å². The van der Waals surface area contributed by atoms with Gasteiger partial charge in [0.2, 0.25) is 0 Å². The molecule has 0 fully saturated rings. The first-order valence-electron chi connectivity index (χ1n) is 8.70. The van der Waals surface area contributed by atoms with Crippen LogP contribution in [0.1, 0.15) is 12.0 Å². The number of rotatable bonds is 6. The summed E-state index contributed by atoms with van der Waals surface area (Å²) in [5.41, 5.74) is 3.94. The molecule has 5 heteroatoms. The fourth-order valence-electron chi connectivity index (χ4n) is 3.16. The largest absolute Gasteiger partial charge is 0.508 e. The second-order valence-electron chi connectivity index (χ2n) is 6.17. The van der Waals surface area contributed by atoms with E-state index >= 15 is 0 Å². The third-order valence-electron chi connectivity index (χ3n) is 4.44. The lowest BCUT2D eigenvalue weighted by Crippen LogP contribution is -2.02. The minimum Gasteiger partial charge on any atom is -0.508 e. The van der Waals surface area contributed by atoms with Crippen molar-refractivity contribution in [3.8, 4) is 28.5 Å². The summed E-state index contributed by atoms with van der Waals surface area (Å²) in [6.07, 6.45) is 7.15. The smallest absolute Gasteiger partial charge is 0.156 e. The van der Waals surface area contributed by atoms with Gasteiger partial charge >= 0.3 is 0 Å². The van der Waals surface area contributed by atoms with E-state index in [1.165, 1.54) is 0 Å². The molecule has 5 nitrogen and oxygen atoms in total. The lowest BCUT2D eigenvalue weighted by Gasteiger charge is -2.09. The highest BCUT2D eigenvalue weighted by Gasteiger charge is 2.16. The Morgan fingerprint density at radius 3 is 2.54 bits per heavy atom. The topological polar surface area (TPSA) is 66.7 Å². The van der Waals surface area contributed by atoms with E-state index in [0.29, 0.717) is 5.75 Å². The number of imidazole rings is 2. The Bertz CT molecular complexity index is 974. The van der Waals surface area contributed by atoms with E-state index in [4.69, 9.17) is 0 Å². The zero-order chi connectivity index (χ0) is 17.8. The summed E-state index contributed by atoms with van der Waals surface area (Å²) >= 11 is 0. The van der Waals surface area contributed by atoms with E-state index in [1.54, 1.807) is 12.3 Å². The molecular weight excluding hydrogens is 324 g/mol. The molecule has 2 heterocycles. The van der Waals surface area contributed by atoms with Gasteiger partial charge in [0.05, 0.1) is 12.0 Å². The number of aryl methyl sites for hydroxylation is 2. The maximum atomic E-state index is 9.93. The Labute approximate surface area is 152 Å². The molecule has 0 aliphatic rings. The van der Waals surface area contributed by atoms with Crippen molar-refractivity contribution in [1.29, 1.82) is 0 Å². The van der Waals surface area contributed by atoms with Crippen molar-refractivity contribution in [3.05, 3.63) is 78.9 Å². The van der Waals surface area contributed by atoms with E-state index in [9.17, 15) is 5.11 Å². The highest BCUT2D eigenvalue weighted by molar-refractivity contribution is 5.75. The Hall–Kier alpha value is -3.34. The molecule has 2 aromatic carbocycles. The molecule has 0 radical (unpaired) electrons. The first-order chi connectivity index (χ1) is 12.8. The molecule has 2 aromatic heterocycles. The third kappa shape index (κ3) is 3.24. The molecule has 0 atom stereocenters. The number of nitrogens with zero attached hydrogens (tertiary/aromatic N) is 3. The van der Waals surface area contributed by atoms with Crippen LogP contribution in [0.4, 0.5) is 0 Å². The number of nitrogens with one attached hydrogen (secondary N) is 1. The van der Waals surface area contributed by atoms with Gasteiger partial charge in [0.25, 0.3) is 0 Å². The van der Waals surface area contributed by atoms with Crippen molar-refractivity contribution < 1.29 is 5.11 Å². The predicted molar refractivity (Wildman–Crippen MR) is 102 cm³/mol. The minimum absolute atomic E-state index is 0.356. The average Bonchev–Trinajstić information content (AvgIpc) is 3.33. The molecular formula is C21H20N4O. The Morgan fingerprint density at radius 2 is 1.77 bits per heavy atom. The number of aromatic hydroxyl groups is 1. The standard InChI is InChI=1S/C21H20N4O/c26-18-11-5-4-7-16(18)10-6-14-25-15-24-19(17-8-2-1-3-9-17)20(25)21-22-12-13-23-21/h1-5,7-9,11-13,15,26H,6,10,14H2,(H,22,23). The number of para-hydroxylation sites is 1. The summed E-state index contributed by atoms with van der Waals surface area (Å²) in [5, 5.41) is 9.93. The Morgan fingerprint density at radius 1 is 0.962 bits per heavy atom. The van der Waals surface area contributed by atoms with Crippen molar-refractivity contribution in [2.24, 2.45) is 0 Å². The molecule has 0 unspecified atom stereocenters. The number of aromatic amines is 1. The number of H-pyrrole nitrogens is 1. The van der Waals surface area contributed by atoms with Crippen molar-refractivity contribution in [2.75, 3.05) is 0 Å². The van der Waals surface area contributed by atoms with Crippen molar-refractivity contribution >= 4 is 0 Å². The summed E-state index contributed by atoms with van der Waals surface area (Å²) in [6.45, 7) is 0.796. The molecule has 0 saturated heterocycles. The maximum Gasteiger partial charge on any atom is 0.156 e. The zero-order valence-electron chi connectivity index (χ0n) is 14.3. The third-order valence-corrected chi connectivity index (χ3v) is 4.44. The van der Waals surface area contributed by atoms with Gasteiger partial charge in [-0.15, -0.1) is 0 Å². The molecule has 0 aliphatic carbocycles. The highest BCUT2D eigenvalue weighted by Crippen LogP contribution is 2.29. The van der Waals surface area contributed by atoms with E-state index in [0.717, 1.165) is 47.7 Å². The molecule has 0 amide bonds. The number of hydrogen-bond acceptors (Lipinski definition) is 3. The van der Waals surface area contributed by atoms with E-state index < -0.39 is 0 Å². The number of benzene rings is 2. The van der Waals surface area contributed by atoms with Gasteiger partial charge in [0.1, 0.15) is 11.4 Å².